The molecule has 1 aromatic rings. The first-order valence-electron chi connectivity index (χ1n) is 10.7. The Balaban J connectivity index is 0.00000300. The van der Waals surface area contributed by atoms with Crippen LogP contribution in [-0.2, 0) is 0 Å². The molecule has 7 nitrogen and oxygen atoms in total. The number of furan rings is 1. The molecule has 2 aliphatic rings. The first-order chi connectivity index (χ1) is 13.7. The van der Waals surface area contributed by atoms with Crippen molar-refractivity contribution in [1.29, 1.82) is 0 Å². The fourth-order valence-corrected chi connectivity index (χ4v) is 4.19. The number of carbonyl (C=O) groups excluding carboxylic acids is 1. The summed E-state index contributed by atoms with van der Waals surface area (Å²) in [4.78, 5) is 21.5. The molecule has 1 amide bonds. The van der Waals surface area contributed by atoms with Crippen LogP contribution < -0.4 is 10.6 Å². The van der Waals surface area contributed by atoms with E-state index in [2.05, 4.69) is 25.4 Å². The fraction of sp³-hybridized carbons (Fsp3) is 0.714. The van der Waals surface area contributed by atoms with Gasteiger partial charge < -0.3 is 24.9 Å². The highest BCUT2D eigenvalue weighted by Gasteiger charge is 2.26. The topological polar surface area (TPSA) is 73.1 Å². The van der Waals surface area contributed by atoms with Gasteiger partial charge in [-0.2, -0.15) is 0 Å². The summed E-state index contributed by atoms with van der Waals surface area (Å²) in [6.45, 7) is 9.21. The molecule has 2 saturated heterocycles. The van der Waals surface area contributed by atoms with Crippen LogP contribution in [0.5, 0.6) is 0 Å². The Morgan fingerprint density at radius 3 is 2.66 bits per heavy atom. The van der Waals surface area contributed by atoms with E-state index in [0.29, 0.717) is 12.3 Å². The number of piperidine rings is 1. The number of hydrogen-bond acceptors (Lipinski definition) is 4. The summed E-state index contributed by atoms with van der Waals surface area (Å²) in [5, 5.41) is 6.35. The normalized spacial score (nSPS) is 20.4. The molecular formula is C21H36IN5O2. The van der Waals surface area contributed by atoms with E-state index in [1.807, 2.05) is 14.0 Å². The monoisotopic (exact) mass is 517 g/mol. The van der Waals surface area contributed by atoms with E-state index in [0.717, 1.165) is 43.5 Å². The van der Waals surface area contributed by atoms with Crippen molar-refractivity contribution in [3.05, 3.63) is 23.7 Å². The van der Waals surface area contributed by atoms with E-state index < -0.39 is 0 Å². The van der Waals surface area contributed by atoms with Crippen molar-refractivity contribution in [3.63, 3.8) is 0 Å². The Morgan fingerprint density at radius 1 is 1.21 bits per heavy atom. The minimum atomic E-state index is -0.146. The Morgan fingerprint density at radius 2 is 1.97 bits per heavy atom. The number of aliphatic imine (C=N–C) groups is 1. The second-order valence-corrected chi connectivity index (χ2v) is 7.98. The van der Waals surface area contributed by atoms with Crippen molar-refractivity contribution in [1.82, 2.24) is 20.4 Å². The van der Waals surface area contributed by atoms with Crippen LogP contribution in [0.15, 0.2) is 21.7 Å². The molecule has 1 atom stereocenters. The first-order valence-corrected chi connectivity index (χ1v) is 10.7. The van der Waals surface area contributed by atoms with Crippen molar-refractivity contribution in [2.24, 2.45) is 10.9 Å². The number of rotatable bonds is 7. The summed E-state index contributed by atoms with van der Waals surface area (Å²) in [5.41, 5.74) is 0.865. The third-order valence-corrected chi connectivity index (χ3v) is 5.75. The minimum absolute atomic E-state index is 0. The summed E-state index contributed by atoms with van der Waals surface area (Å²) >= 11 is 0. The smallest absolute Gasteiger partial charge is 0.287 e. The molecule has 0 aliphatic carbocycles. The molecule has 8 heteroatoms. The first kappa shape index (κ1) is 24.0. The second kappa shape index (κ2) is 12.4. The number of halogens is 1. The number of aryl methyl sites for hydroxylation is 1. The molecule has 2 fully saturated rings. The van der Waals surface area contributed by atoms with Crippen molar-refractivity contribution < 1.29 is 9.21 Å². The summed E-state index contributed by atoms with van der Waals surface area (Å²) in [5.74, 6) is 1.98. The molecule has 164 valence electrons. The Kier molecular flexibility index (Phi) is 10.3. The third-order valence-electron chi connectivity index (χ3n) is 5.75. The highest BCUT2D eigenvalue weighted by Crippen LogP contribution is 2.19. The van der Waals surface area contributed by atoms with Gasteiger partial charge in [0.05, 0.1) is 6.26 Å². The van der Waals surface area contributed by atoms with Gasteiger partial charge in [0.2, 0.25) is 0 Å². The van der Waals surface area contributed by atoms with E-state index in [1.165, 1.54) is 45.3 Å². The number of hydrogen-bond donors (Lipinski definition) is 2. The van der Waals surface area contributed by atoms with Crippen LogP contribution in [0.1, 0.15) is 48.2 Å². The molecule has 0 radical (unpaired) electrons. The number of nitrogens with one attached hydrogen (secondary N) is 2. The maximum Gasteiger partial charge on any atom is 0.287 e. The second-order valence-electron chi connectivity index (χ2n) is 7.98. The number of carbonyl (C=O) groups is 1. The average Bonchev–Trinajstić information content (AvgIpc) is 3.34. The van der Waals surface area contributed by atoms with Gasteiger partial charge in [-0.3, -0.25) is 9.79 Å². The largest absolute Gasteiger partial charge is 0.459 e. The zero-order valence-corrected chi connectivity index (χ0v) is 20.1. The average molecular weight is 517 g/mol. The van der Waals surface area contributed by atoms with E-state index in [-0.39, 0.29) is 29.9 Å². The van der Waals surface area contributed by atoms with Gasteiger partial charge >= 0.3 is 0 Å². The molecule has 3 rings (SSSR count). The molecule has 0 spiro atoms. The fourth-order valence-electron chi connectivity index (χ4n) is 4.19. The van der Waals surface area contributed by atoms with E-state index in [1.54, 1.807) is 12.3 Å². The van der Waals surface area contributed by atoms with Gasteiger partial charge in [0.25, 0.3) is 5.91 Å². The highest BCUT2D eigenvalue weighted by atomic mass is 127. The van der Waals surface area contributed by atoms with Crippen LogP contribution in [-0.4, -0.2) is 74.5 Å². The molecule has 3 heterocycles. The van der Waals surface area contributed by atoms with Crippen LogP contribution in [0.2, 0.25) is 0 Å². The summed E-state index contributed by atoms with van der Waals surface area (Å²) in [7, 11) is 1.85. The van der Waals surface area contributed by atoms with E-state index in [4.69, 9.17) is 4.42 Å². The van der Waals surface area contributed by atoms with Crippen LogP contribution in [0.4, 0.5) is 0 Å². The summed E-state index contributed by atoms with van der Waals surface area (Å²) < 4.78 is 5.21. The van der Waals surface area contributed by atoms with Gasteiger partial charge in [-0.15, -0.1) is 24.0 Å². The predicted octanol–water partition coefficient (Wildman–Crippen LogP) is 2.71. The van der Waals surface area contributed by atoms with Crippen LogP contribution >= 0.6 is 24.0 Å². The zero-order valence-electron chi connectivity index (χ0n) is 17.8. The molecule has 0 bridgehead atoms. The highest BCUT2D eigenvalue weighted by molar-refractivity contribution is 14.0. The van der Waals surface area contributed by atoms with Crippen molar-refractivity contribution in [3.8, 4) is 0 Å². The maximum atomic E-state index is 12.0. The molecule has 1 aromatic heterocycles. The molecule has 0 aromatic carbocycles. The molecular weight excluding hydrogens is 481 g/mol. The van der Waals surface area contributed by atoms with Gasteiger partial charge in [0.1, 0.15) is 0 Å². The van der Waals surface area contributed by atoms with Crippen LogP contribution in [0.3, 0.4) is 0 Å². The van der Waals surface area contributed by atoms with Crippen molar-refractivity contribution in [2.45, 2.75) is 39.0 Å². The van der Waals surface area contributed by atoms with Crippen LogP contribution in [0, 0.1) is 12.8 Å². The Bertz CT molecular complexity index is 657. The van der Waals surface area contributed by atoms with Gasteiger partial charge in [-0.05, 0) is 57.7 Å². The summed E-state index contributed by atoms with van der Waals surface area (Å²) in [6.07, 6.45) is 7.74. The number of nitrogens with zero attached hydrogens (tertiary/aromatic N) is 3. The minimum Gasteiger partial charge on any atom is -0.459 e. The predicted molar refractivity (Wildman–Crippen MR) is 127 cm³/mol. The molecule has 0 saturated carbocycles. The Labute approximate surface area is 191 Å². The quantitative estimate of drug-likeness (QED) is 0.252. The van der Waals surface area contributed by atoms with E-state index >= 15 is 0 Å². The summed E-state index contributed by atoms with van der Waals surface area (Å²) in [6, 6.07) is 1.80. The lowest BCUT2D eigenvalue weighted by Gasteiger charge is -2.29. The van der Waals surface area contributed by atoms with Gasteiger partial charge in [0, 0.05) is 45.3 Å². The van der Waals surface area contributed by atoms with E-state index in [9.17, 15) is 4.79 Å². The lowest BCUT2D eigenvalue weighted by atomic mass is 10.1. The van der Waals surface area contributed by atoms with Gasteiger partial charge in [-0.1, -0.05) is 6.42 Å². The third kappa shape index (κ3) is 7.16. The van der Waals surface area contributed by atoms with Gasteiger partial charge in [-0.25, -0.2) is 0 Å². The van der Waals surface area contributed by atoms with Crippen LogP contribution in [0.25, 0.3) is 0 Å². The zero-order chi connectivity index (χ0) is 19.8. The molecule has 29 heavy (non-hydrogen) atoms. The van der Waals surface area contributed by atoms with Gasteiger partial charge in [0.15, 0.2) is 11.7 Å². The maximum absolute atomic E-state index is 12.0. The SMILES string of the molecule is CN=C(NCCCNC(=O)c1occc1C)N1CCC(CN2CCCCC2)C1.I. The Hall–Kier alpha value is -1.29. The standard InChI is InChI=1S/C21H35N5O2.HI/c1-17-8-14-28-19(17)20(27)23-9-6-10-24-21(22-2)26-13-7-18(16-26)15-25-11-4-3-5-12-25;/h8,14,18H,3-7,9-13,15-16H2,1-2H3,(H,22,24)(H,23,27);1H. The number of amides is 1. The molecule has 2 aliphatic heterocycles. The van der Waals surface area contributed by atoms with Crippen molar-refractivity contribution in [2.75, 3.05) is 52.9 Å². The lowest BCUT2D eigenvalue weighted by Crippen LogP contribution is -2.42. The molecule has 2 N–H and O–H groups in total. The van der Waals surface area contributed by atoms with Crippen molar-refractivity contribution >= 4 is 35.8 Å². The molecule has 1 unspecified atom stereocenters. The number of guanidine groups is 1. The lowest BCUT2D eigenvalue weighted by molar-refractivity contribution is 0.0925. The number of likely N-dealkylation sites (tertiary alicyclic amines) is 2.